The summed E-state index contributed by atoms with van der Waals surface area (Å²) in [6, 6.07) is 7.07. The molecule has 1 aliphatic rings. The van der Waals surface area contributed by atoms with Crippen LogP contribution in [-0.2, 0) is 4.74 Å². The van der Waals surface area contributed by atoms with Gasteiger partial charge in [-0.15, -0.1) is 0 Å². The summed E-state index contributed by atoms with van der Waals surface area (Å²) in [5.74, 6) is 5.36. The normalized spacial score (nSPS) is 19.6. The fraction of sp³-hybridized carbons (Fsp3) is 0.500. The molecule has 20 heavy (non-hydrogen) atoms. The number of nitrogen functional groups attached to an aromatic ring is 1. The number of hydrogen-bond acceptors (Lipinski definition) is 5. The summed E-state index contributed by atoms with van der Waals surface area (Å²) in [6.45, 7) is 5.99. The highest BCUT2D eigenvalue weighted by Crippen LogP contribution is 2.17. The van der Waals surface area contributed by atoms with E-state index in [1.165, 1.54) is 0 Å². The Kier molecular flexibility index (Phi) is 5.34. The van der Waals surface area contributed by atoms with E-state index in [0.717, 1.165) is 26.2 Å². The average molecular weight is 279 g/mol. The molecule has 3 N–H and O–H groups in total. The van der Waals surface area contributed by atoms with Gasteiger partial charge in [-0.25, -0.2) is 5.84 Å². The summed E-state index contributed by atoms with van der Waals surface area (Å²) in [6.07, 6.45) is 0.263. The van der Waals surface area contributed by atoms with Crippen LogP contribution in [0.3, 0.4) is 0 Å². The summed E-state index contributed by atoms with van der Waals surface area (Å²) in [5, 5.41) is 0. The lowest BCUT2D eigenvalue weighted by Gasteiger charge is -2.30. The Balaban J connectivity index is 1.86. The molecule has 1 aliphatic heterocycles. The number of hydrazine groups is 1. The first-order chi connectivity index (χ1) is 9.70. The highest BCUT2D eigenvalue weighted by Gasteiger charge is 2.16. The van der Waals surface area contributed by atoms with E-state index in [1.807, 2.05) is 6.07 Å². The first kappa shape index (κ1) is 14.8. The molecule has 1 aromatic rings. The largest absolute Gasteiger partial charge is 0.491 e. The molecule has 0 saturated carbocycles. The molecular formula is C14H21N3O3. The summed E-state index contributed by atoms with van der Waals surface area (Å²) in [4.78, 5) is 13.9. The third kappa shape index (κ3) is 3.93. The number of carbonyl (C=O) groups excluding carboxylic acids is 1. The highest BCUT2D eigenvalue weighted by atomic mass is 16.5. The molecule has 0 bridgehead atoms. The fourth-order valence-corrected chi connectivity index (χ4v) is 2.24. The van der Waals surface area contributed by atoms with Crippen LogP contribution in [0.25, 0.3) is 0 Å². The number of hydrogen-bond donors (Lipinski definition) is 2. The molecule has 110 valence electrons. The summed E-state index contributed by atoms with van der Waals surface area (Å²) < 4.78 is 11.2. The van der Waals surface area contributed by atoms with Gasteiger partial charge < -0.3 is 9.47 Å². The van der Waals surface area contributed by atoms with Gasteiger partial charge in [-0.05, 0) is 19.1 Å². The van der Waals surface area contributed by atoms with E-state index >= 15 is 0 Å². The molecule has 1 heterocycles. The van der Waals surface area contributed by atoms with E-state index in [9.17, 15) is 4.79 Å². The number of para-hydroxylation sites is 1. The molecule has 1 unspecified atom stereocenters. The Labute approximate surface area is 118 Å². The van der Waals surface area contributed by atoms with Crippen molar-refractivity contribution in [2.24, 2.45) is 5.84 Å². The molecule has 1 fully saturated rings. The quantitative estimate of drug-likeness (QED) is 0.463. The Bertz CT molecular complexity index is 453. The highest BCUT2D eigenvalue weighted by molar-refractivity contribution is 5.96. The Hall–Kier alpha value is -1.63. The van der Waals surface area contributed by atoms with Crippen molar-refractivity contribution in [3.63, 3.8) is 0 Å². The number of amides is 1. The maximum atomic E-state index is 11.6. The van der Waals surface area contributed by atoms with Crippen molar-refractivity contribution in [3.8, 4) is 5.75 Å². The van der Waals surface area contributed by atoms with Crippen LogP contribution in [0.2, 0.25) is 0 Å². The lowest BCUT2D eigenvalue weighted by Crippen LogP contribution is -2.42. The van der Waals surface area contributed by atoms with Gasteiger partial charge in [0.15, 0.2) is 0 Å². The van der Waals surface area contributed by atoms with Gasteiger partial charge in [-0.1, -0.05) is 12.1 Å². The Morgan fingerprint density at radius 1 is 1.55 bits per heavy atom. The third-order valence-electron chi connectivity index (χ3n) is 3.25. The van der Waals surface area contributed by atoms with Crippen LogP contribution in [0.1, 0.15) is 17.3 Å². The summed E-state index contributed by atoms with van der Waals surface area (Å²) in [5.41, 5.74) is 2.57. The second-order valence-corrected chi connectivity index (χ2v) is 4.80. The van der Waals surface area contributed by atoms with Gasteiger partial charge in [0.2, 0.25) is 0 Å². The number of nitrogens with two attached hydrogens (primary N) is 1. The second-order valence-electron chi connectivity index (χ2n) is 4.80. The summed E-state index contributed by atoms with van der Waals surface area (Å²) in [7, 11) is 0. The SMILES string of the molecule is CC1CN(CCOc2ccccc2C(=O)NN)CCO1. The molecule has 1 amide bonds. The number of nitrogens with zero attached hydrogens (tertiary/aromatic N) is 1. The van der Waals surface area contributed by atoms with Gasteiger partial charge in [0.25, 0.3) is 5.91 Å². The predicted octanol–water partition coefficient (Wildman–Crippen LogP) is 0.390. The van der Waals surface area contributed by atoms with Gasteiger partial charge >= 0.3 is 0 Å². The van der Waals surface area contributed by atoms with Gasteiger partial charge in [0.05, 0.1) is 18.3 Å². The van der Waals surface area contributed by atoms with Crippen LogP contribution in [0.5, 0.6) is 5.75 Å². The Morgan fingerprint density at radius 2 is 2.35 bits per heavy atom. The molecule has 0 aliphatic carbocycles. The lowest BCUT2D eigenvalue weighted by molar-refractivity contribution is -0.0214. The van der Waals surface area contributed by atoms with Crippen LogP contribution in [-0.4, -0.2) is 49.8 Å². The van der Waals surface area contributed by atoms with E-state index < -0.39 is 0 Å². The van der Waals surface area contributed by atoms with E-state index in [4.69, 9.17) is 15.3 Å². The molecule has 0 aromatic heterocycles. The second kappa shape index (κ2) is 7.23. The number of benzene rings is 1. The number of rotatable bonds is 5. The number of nitrogens with one attached hydrogen (secondary N) is 1. The molecule has 1 saturated heterocycles. The van der Waals surface area contributed by atoms with Crippen molar-refractivity contribution in [3.05, 3.63) is 29.8 Å². The minimum absolute atomic E-state index is 0.263. The topological polar surface area (TPSA) is 76.8 Å². The standard InChI is InChI=1S/C14H21N3O3/c1-11-10-17(6-8-19-11)7-9-20-13-5-3-2-4-12(13)14(18)16-15/h2-5,11H,6-10,15H2,1H3,(H,16,18). The zero-order valence-electron chi connectivity index (χ0n) is 11.7. The van der Waals surface area contributed by atoms with Crippen LogP contribution >= 0.6 is 0 Å². The molecule has 0 spiro atoms. The monoisotopic (exact) mass is 279 g/mol. The van der Waals surface area contributed by atoms with Gasteiger partial charge in [-0.3, -0.25) is 15.1 Å². The minimum Gasteiger partial charge on any atom is -0.491 e. The van der Waals surface area contributed by atoms with Gasteiger partial charge in [0, 0.05) is 19.6 Å². The first-order valence-electron chi connectivity index (χ1n) is 6.77. The number of ether oxygens (including phenoxy) is 2. The Morgan fingerprint density at radius 3 is 3.10 bits per heavy atom. The van der Waals surface area contributed by atoms with Crippen molar-refractivity contribution in [2.45, 2.75) is 13.0 Å². The van der Waals surface area contributed by atoms with Crippen molar-refractivity contribution in [2.75, 3.05) is 32.8 Å². The maximum Gasteiger partial charge on any atom is 0.268 e. The molecule has 1 aromatic carbocycles. The van der Waals surface area contributed by atoms with Gasteiger partial charge in [-0.2, -0.15) is 0 Å². The molecule has 6 nitrogen and oxygen atoms in total. The molecular weight excluding hydrogens is 258 g/mol. The van der Waals surface area contributed by atoms with Crippen LogP contribution < -0.4 is 16.0 Å². The van der Waals surface area contributed by atoms with Crippen molar-refractivity contribution in [1.82, 2.24) is 10.3 Å². The predicted molar refractivity (Wildman–Crippen MR) is 75.4 cm³/mol. The van der Waals surface area contributed by atoms with Crippen molar-refractivity contribution < 1.29 is 14.3 Å². The third-order valence-corrected chi connectivity index (χ3v) is 3.25. The van der Waals surface area contributed by atoms with E-state index in [1.54, 1.807) is 18.2 Å². The molecule has 6 heteroatoms. The molecule has 2 rings (SSSR count). The van der Waals surface area contributed by atoms with E-state index in [0.29, 0.717) is 17.9 Å². The molecule has 1 atom stereocenters. The smallest absolute Gasteiger partial charge is 0.268 e. The zero-order chi connectivity index (χ0) is 14.4. The van der Waals surface area contributed by atoms with Crippen LogP contribution in [0, 0.1) is 0 Å². The average Bonchev–Trinajstić information content (AvgIpc) is 2.47. The van der Waals surface area contributed by atoms with Crippen LogP contribution in [0.15, 0.2) is 24.3 Å². The lowest BCUT2D eigenvalue weighted by atomic mass is 10.2. The summed E-state index contributed by atoms with van der Waals surface area (Å²) >= 11 is 0. The van der Waals surface area contributed by atoms with Crippen molar-refractivity contribution >= 4 is 5.91 Å². The fourth-order valence-electron chi connectivity index (χ4n) is 2.24. The number of morpholine rings is 1. The maximum absolute atomic E-state index is 11.6. The van der Waals surface area contributed by atoms with E-state index in [2.05, 4.69) is 17.2 Å². The molecule has 0 radical (unpaired) electrons. The van der Waals surface area contributed by atoms with Crippen molar-refractivity contribution in [1.29, 1.82) is 0 Å². The zero-order valence-corrected chi connectivity index (χ0v) is 11.7. The van der Waals surface area contributed by atoms with Crippen LogP contribution in [0.4, 0.5) is 0 Å². The minimum atomic E-state index is -0.347. The van der Waals surface area contributed by atoms with E-state index in [-0.39, 0.29) is 12.0 Å². The number of carbonyl (C=O) groups is 1. The first-order valence-corrected chi connectivity index (χ1v) is 6.77. The van der Waals surface area contributed by atoms with Gasteiger partial charge in [0.1, 0.15) is 12.4 Å².